The number of hydrogen-bond acceptors (Lipinski definition) is 5. The monoisotopic (exact) mass is 326 g/mol. The van der Waals surface area contributed by atoms with Gasteiger partial charge in [-0.1, -0.05) is 0 Å². The van der Waals surface area contributed by atoms with Crippen molar-refractivity contribution in [3.63, 3.8) is 0 Å². The molecule has 0 radical (unpaired) electrons. The van der Waals surface area contributed by atoms with E-state index < -0.39 is 0 Å². The lowest BCUT2D eigenvalue weighted by molar-refractivity contribution is -0.123. The Labute approximate surface area is 142 Å². The fourth-order valence-corrected chi connectivity index (χ4v) is 3.02. The molecule has 2 aliphatic rings. The van der Waals surface area contributed by atoms with Crippen LogP contribution in [0.1, 0.15) is 50.2 Å². The molecule has 2 atom stereocenters. The number of aromatic nitrogens is 1. The molecule has 3 heterocycles. The summed E-state index contributed by atoms with van der Waals surface area (Å²) in [5, 5.41) is 11.2. The fourth-order valence-electron chi connectivity index (χ4n) is 3.02. The molecule has 0 saturated carbocycles. The van der Waals surface area contributed by atoms with Crippen LogP contribution >= 0.6 is 0 Å². The second-order valence-electron chi connectivity index (χ2n) is 6.32. The van der Waals surface area contributed by atoms with Gasteiger partial charge in [-0.3, -0.25) is 9.78 Å². The molecule has 6 nitrogen and oxygen atoms in total. The molecular weight excluding hydrogens is 304 g/mol. The van der Waals surface area contributed by atoms with Crippen molar-refractivity contribution in [2.24, 2.45) is 10.2 Å². The molecule has 1 saturated heterocycles. The minimum Gasteiger partial charge on any atom is -0.373 e. The van der Waals surface area contributed by atoms with Crippen molar-refractivity contribution in [1.29, 1.82) is 0 Å². The first-order valence-electron chi connectivity index (χ1n) is 8.39. The Morgan fingerprint density at radius 3 is 2.88 bits per heavy atom. The first-order valence-corrected chi connectivity index (χ1v) is 8.39. The molecule has 6 heteroatoms. The van der Waals surface area contributed by atoms with Gasteiger partial charge in [-0.2, -0.15) is 10.2 Å². The zero-order valence-electron chi connectivity index (χ0n) is 13.6. The van der Waals surface area contributed by atoms with Crippen molar-refractivity contribution >= 4 is 5.91 Å². The molecule has 1 N–H and O–H groups in total. The van der Waals surface area contributed by atoms with Crippen LogP contribution in [0.15, 0.2) is 34.8 Å². The minimum absolute atomic E-state index is 0.0162. The van der Waals surface area contributed by atoms with Crippen molar-refractivity contribution in [2.45, 2.75) is 56.3 Å². The summed E-state index contributed by atoms with van der Waals surface area (Å²) in [6.07, 6.45) is 12.9. The summed E-state index contributed by atoms with van der Waals surface area (Å²) in [4.78, 5) is 16.2. The third-order valence-electron chi connectivity index (χ3n) is 4.53. The number of hydrogen-bond donors (Lipinski definition) is 1. The van der Waals surface area contributed by atoms with Gasteiger partial charge in [0.1, 0.15) is 0 Å². The number of ether oxygens (including phenoxy) is 1. The molecule has 0 spiro atoms. The number of amides is 1. The van der Waals surface area contributed by atoms with Crippen molar-refractivity contribution in [3.8, 4) is 12.3 Å². The summed E-state index contributed by atoms with van der Waals surface area (Å²) in [6, 6.07) is 4.06. The smallest absolute Gasteiger partial charge is 0.220 e. The molecule has 0 bridgehead atoms. The molecule has 126 valence electrons. The largest absolute Gasteiger partial charge is 0.373 e. The molecule has 0 aliphatic carbocycles. The van der Waals surface area contributed by atoms with E-state index in [9.17, 15) is 4.79 Å². The van der Waals surface area contributed by atoms with Crippen LogP contribution in [0.25, 0.3) is 0 Å². The van der Waals surface area contributed by atoms with Crippen LogP contribution in [0.3, 0.4) is 0 Å². The van der Waals surface area contributed by atoms with Gasteiger partial charge in [0.2, 0.25) is 5.91 Å². The average molecular weight is 326 g/mol. The predicted octanol–water partition coefficient (Wildman–Crippen LogP) is 2.77. The predicted molar refractivity (Wildman–Crippen MR) is 89.0 cm³/mol. The molecule has 1 amide bonds. The number of terminal acetylenes is 1. The van der Waals surface area contributed by atoms with Crippen LogP contribution in [0.5, 0.6) is 0 Å². The molecule has 3 rings (SSSR count). The lowest BCUT2D eigenvalue weighted by atomic mass is 9.97. The van der Waals surface area contributed by atoms with Crippen molar-refractivity contribution in [1.82, 2.24) is 10.3 Å². The summed E-state index contributed by atoms with van der Waals surface area (Å²) < 4.78 is 5.82. The highest BCUT2D eigenvalue weighted by atomic mass is 16.5. The Balaban J connectivity index is 1.44. The Kier molecular flexibility index (Phi) is 5.21. The molecule has 1 fully saturated rings. The highest BCUT2D eigenvalue weighted by molar-refractivity contribution is 5.76. The maximum Gasteiger partial charge on any atom is 0.220 e. The summed E-state index contributed by atoms with van der Waals surface area (Å²) in [5.74, 6) is 2.65. The van der Waals surface area contributed by atoms with Crippen LogP contribution in [0, 0.1) is 12.3 Å². The van der Waals surface area contributed by atoms with E-state index in [-0.39, 0.29) is 23.7 Å². The van der Waals surface area contributed by atoms with Crippen molar-refractivity contribution in [3.05, 3.63) is 30.1 Å². The number of rotatable bonds is 7. The first-order chi connectivity index (χ1) is 11.7. The number of pyridine rings is 1. The van der Waals surface area contributed by atoms with Gasteiger partial charge < -0.3 is 10.1 Å². The Hall–Kier alpha value is -2.26. The normalized spacial score (nSPS) is 24.1. The minimum atomic E-state index is -0.390. The van der Waals surface area contributed by atoms with Gasteiger partial charge in [-0.15, -0.1) is 12.3 Å². The second-order valence-corrected chi connectivity index (χ2v) is 6.32. The van der Waals surface area contributed by atoms with E-state index in [1.807, 2.05) is 12.1 Å². The fraction of sp³-hybridized carbons (Fsp3) is 0.556. The zero-order valence-corrected chi connectivity index (χ0v) is 13.6. The van der Waals surface area contributed by atoms with Gasteiger partial charge in [0.05, 0.1) is 6.10 Å². The van der Waals surface area contributed by atoms with Gasteiger partial charge in [0, 0.05) is 50.7 Å². The van der Waals surface area contributed by atoms with Gasteiger partial charge in [-0.05, 0) is 30.5 Å². The van der Waals surface area contributed by atoms with E-state index in [1.54, 1.807) is 12.4 Å². The van der Waals surface area contributed by atoms with E-state index in [0.29, 0.717) is 25.9 Å². The zero-order chi connectivity index (χ0) is 16.8. The van der Waals surface area contributed by atoms with Crippen LogP contribution in [0.2, 0.25) is 0 Å². The van der Waals surface area contributed by atoms with Gasteiger partial charge in [-0.25, -0.2) is 0 Å². The summed E-state index contributed by atoms with van der Waals surface area (Å²) in [6.45, 7) is 0.648. The van der Waals surface area contributed by atoms with Crippen molar-refractivity contribution in [2.75, 3.05) is 6.61 Å². The highest BCUT2D eigenvalue weighted by Crippen LogP contribution is 2.37. The molecule has 1 aromatic rings. The Bertz CT molecular complexity index is 632. The Morgan fingerprint density at radius 2 is 2.17 bits per heavy atom. The number of nitrogens with one attached hydrogen (secondary N) is 1. The molecule has 2 unspecified atom stereocenters. The summed E-state index contributed by atoms with van der Waals surface area (Å²) in [5.41, 5.74) is 0.714. The lowest BCUT2D eigenvalue weighted by Gasteiger charge is -2.30. The van der Waals surface area contributed by atoms with Gasteiger partial charge >= 0.3 is 0 Å². The molecule has 0 aromatic carbocycles. The lowest BCUT2D eigenvalue weighted by Crippen LogP contribution is -2.40. The van der Waals surface area contributed by atoms with Crippen molar-refractivity contribution < 1.29 is 9.53 Å². The van der Waals surface area contributed by atoms with Crippen LogP contribution in [-0.2, 0) is 9.53 Å². The van der Waals surface area contributed by atoms with E-state index >= 15 is 0 Å². The average Bonchev–Trinajstić information content (AvgIpc) is 3.40. The van der Waals surface area contributed by atoms with E-state index in [4.69, 9.17) is 11.2 Å². The van der Waals surface area contributed by atoms with E-state index in [2.05, 4.69) is 26.4 Å². The molecular formula is C18H22N4O2. The maximum absolute atomic E-state index is 12.2. The van der Waals surface area contributed by atoms with Crippen LogP contribution in [0.4, 0.5) is 0 Å². The van der Waals surface area contributed by atoms with Gasteiger partial charge in [0.15, 0.2) is 5.66 Å². The standard InChI is InChI=1S/C18H22N4O2/c1-2-3-8-18(21-22-18)9-4-17(23)20-15-7-12-24-16(13-15)14-5-10-19-11-6-14/h1,5-6,10-11,15-16H,3-4,7-9,12-13H2,(H,20,23). The molecule has 1 aromatic heterocycles. The van der Waals surface area contributed by atoms with E-state index in [1.165, 1.54) is 0 Å². The first kappa shape index (κ1) is 16.6. The third kappa shape index (κ3) is 4.39. The van der Waals surface area contributed by atoms with Gasteiger partial charge in [0.25, 0.3) is 0 Å². The van der Waals surface area contributed by atoms with Crippen LogP contribution < -0.4 is 5.32 Å². The SMILES string of the molecule is C#CCCC1(CCC(=O)NC2CCOC(c3ccncc3)C2)N=N1. The molecule has 24 heavy (non-hydrogen) atoms. The topological polar surface area (TPSA) is 75.9 Å². The highest BCUT2D eigenvalue weighted by Gasteiger charge is 2.39. The summed E-state index contributed by atoms with van der Waals surface area (Å²) >= 11 is 0. The van der Waals surface area contributed by atoms with E-state index in [0.717, 1.165) is 24.8 Å². The molecule has 2 aliphatic heterocycles. The quantitative estimate of drug-likeness (QED) is 0.783. The summed E-state index contributed by atoms with van der Waals surface area (Å²) in [7, 11) is 0. The number of carbonyl (C=O) groups excluding carboxylic acids is 1. The number of nitrogens with zero attached hydrogens (tertiary/aromatic N) is 3. The number of carbonyl (C=O) groups is 1. The third-order valence-corrected chi connectivity index (χ3v) is 4.53. The maximum atomic E-state index is 12.2. The second kappa shape index (κ2) is 7.54. The Morgan fingerprint density at radius 1 is 1.38 bits per heavy atom. The van der Waals surface area contributed by atoms with Crippen LogP contribution in [-0.4, -0.2) is 29.2 Å².